The number of hydrogen-bond donors (Lipinski definition) is 0. The van der Waals surface area contributed by atoms with Crippen molar-refractivity contribution in [3.63, 3.8) is 0 Å². The fourth-order valence-corrected chi connectivity index (χ4v) is 1.72. The van der Waals surface area contributed by atoms with Gasteiger partial charge in [0.25, 0.3) is 5.91 Å². The lowest BCUT2D eigenvalue weighted by Gasteiger charge is -2.29. The van der Waals surface area contributed by atoms with E-state index in [-0.39, 0.29) is 12.5 Å². The van der Waals surface area contributed by atoms with Gasteiger partial charge in [0.1, 0.15) is 0 Å². The molecule has 1 aliphatic heterocycles. The number of ether oxygens (including phenoxy) is 2. The van der Waals surface area contributed by atoms with Crippen molar-refractivity contribution in [1.82, 2.24) is 5.06 Å². The number of nitrogens with zero attached hydrogens (tertiary/aromatic N) is 1. The van der Waals surface area contributed by atoms with Gasteiger partial charge in [-0.15, -0.1) is 6.58 Å². The Bertz CT molecular complexity index is 290. The van der Waals surface area contributed by atoms with Crippen LogP contribution in [0.2, 0.25) is 0 Å². The molecule has 0 N–H and O–H groups in total. The van der Waals surface area contributed by atoms with Crippen LogP contribution in [0, 0.1) is 0 Å². The van der Waals surface area contributed by atoms with E-state index in [1.54, 1.807) is 27.0 Å². The van der Waals surface area contributed by atoms with Crippen molar-refractivity contribution in [2.75, 3.05) is 20.8 Å². The molecule has 0 radical (unpaired) electrons. The van der Waals surface area contributed by atoms with Crippen molar-refractivity contribution < 1.29 is 19.1 Å². The number of hydroxylamine groups is 2. The molecule has 0 spiro atoms. The number of rotatable bonds is 4. The summed E-state index contributed by atoms with van der Waals surface area (Å²) in [6.45, 7) is 7.40. The lowest BCUT2D eigenvalue weighted by atomic mass is 10.00. The zero-order valence-electron chi connectivity index (χ0n) is 10.3. The molecule has 5 heteroatoms. The monoisotopic (exact) mass is 229 g/mol. The summed E-state index contributed by atoms with van der Waals surface area (Å²) < 4.78 is 11.1. The van der Waals surface area contributed by atoms with E-state index in [1.807, 2.05) is 0 Å². The van der Waals surface area contributed by atoms with Gasteiger partial charge < -0.3 is 9.47 Å². The highest BCUT2D eigenvalue weighted by Gasteiger charge is 2.51. The van der Waals surface area contributed by atoms with E-state index in [4.69, 9.17) is 14.3 Å². The van der Waals surface area contributed by atoms with Crippen LogP contribution in [0.1, 0.15) is 20.3 Å². The van der Waals surface area contributed by atoms with Crippen molar-refractivity contribution in [2.45, 2.75) is 31.7 Å². The van der Waals surface area contributed by atoms with E-state index in [1.165, 1.54) is 7.11 Å². The molecule has 1 aliphatic rings. The standard InChI is InChI=1S/C11H19NO4/c1-6-7-11(9(13)12(4)14-5)8-15-10(2,3)16-11/h6H,1,7-8H2,2-5H3/t11-/m0/s1. The van der Waals surface area contributed by atoms with Gasteiger partial charge in [0, 0.05) is 13.5 Å². The summed E-state index contributed by atoms with van der Waals surface area (Å²) in [4.78, 5) is 17.0. The number of hydrogen-bond acceptors (Lipinski definition) is 4. The van der Waals surface area contributed by atoms with Gasteiger partial charge >= 0.3 is 0 Å². The van der Waals surface area contributed by atoms with Gasteiger partial charge in [-0.1, -0.05) is 6.08 Å². The highest BCUT2D eigenvalue weighted by molar-refractivity contribution is 5.85. The first kappa shape index (κ1) is 13.2. The van der Waals surface area contributed by atoms with E-state index < -0.39 is 11.4 Å². The topological polar surface area (TPSA) is 48.0 Å². The maximum atomic E-state index is 12.1. The third-order valence-electron chi connectivity index (χ3n) is 2.52. The van der Waals surface area contributed by atoms with Crippen LogP contribution in [0.3, 0.4) is 0 Å². The van der Waals surface area contributed by atoms with Crippen LogP contribution in [0.5, 0.6) is 0 Å². The SMILES string of the molecule is C=CC[C@@]1(C(=O)N(C)OC)COC(C)(C)O1. The van der Waals surface area contributed by atoms with Crippen LogP contribution in [0.25, 0.3) is 0 Å². The number of carbonyl (C=O) groups is 1. The third kappa shape index (κ3) is 2.42. The zero-order chi connectivity index (χ0) is 12.4. The van der Waals surface area contributed by atoms with Gasteiger partial charge in [-0.3, -0.25) is 9.63 Å². The first-order valence-electron chi connectivity index (χ1n) is 5.14. The molecule has 16 heavy (non-hydrogen) atoms. The summed E-state index contributed by atoms with van der Waals surface area (Å²) in [6.07, 6.45) is 2.04. The Kier molecular flexibility index (Phi) is 3.72. The second kappa shape index (κ2) is 4.53. The molecule has 0 bridgehead atoms. The largest absolute Gasteiger partial charge is 0.347 e. The molecule has 1 saturated heterocycles. The summed E-state index contributed by atoms with van der Waals surface area (Å²) in [6, 6.07) is 0. The predicted octanol–water partition coefficient (Wildman–Crippen LogP) is 1.10. The fourth-order valence-electron chi connectivity index (χ4n) is 1.72. The van der Waals surface area contributed by atoms with Gasteiger partial charge in [-0.05, 0) is 13.8 Å². The maximum Gasteiger partial charge on any atom is 0.280 e. The smallest absolute Gasteiger partial charge is 0.280 e. The second-order valence-corrected chi connectivity index (χ2v) is 4.26. The molecule has 1 atom stereocenters. The van der Waals surface area contributed by atoms with Crippen molar-refractivity contribution in [3.8, 4) is 0 Å². The summed E-state index contributed by atoms with van der Waals surface area (Å²) in [7, 11) is 2.97. The van der Waals surface area contributed by atoms with Crippen LogP contribution in [0.4, 0.5) is 0 Å². The molecular formula is C11H19NO4. The third-order valence-corrected chi connectivity index (χ3v) is 2.52. The summed E-state index contributed by atoms with van der Waals surface area (Å²) in [5.41, 5.74) is -1.02. The Hall–Kier alpha value is -0.910. The number of amides is 1. The summed E-state index contributed by atoms with van der Waals surface area (Å²) >= 11 is 0. The van der Waals surface area contributed by atoms with Crippen molar-refractivity contribution in [3.05, 3.63) is 12.7 Å². The Morgan fingerprint density at radius 3 is 2.62 bits per heavy atom. The Balaban J connectivity index is 2.90. The molecule has 0 aromatic rings. The predicted molar refractivity (Wildman–Crippen MR) is 58.4 cm³/mol. The zero-order valence-corrected chi connectivity index (χ0v) is 10.3. The Morgan fingerprint density at radius 2 is 2.25 bits per heavy atom. The van der Waals surface area contributed by atoms with Gasteiger partial charge in [0.05, 0.1) is 13.7 Å². The molecular weight excluding hydrogens is 210 g/mol. The normalized spacial score (nSPS) is 27.8. The first-order chi connectivity index (χ1) is 7.37. The van der Waals surface area contributed by atoms with Crippen LogP contribution < -0.4 is 0 Å². The lowest BCUT2D eigenvalue weighted by Crippen LogP contribution is -2.49. The minimum Gasteiger partial charge on any atom is -0.347 e. The molecule has 1 rings (SSSR count). The molecule has 5 nitrogen and oxygen atoms in total. The molecule has 92 valence electrons. The highest BCUT2D eigenvalue weighted by atomic mass is 16.8. The van der Waals surface area contributed by atoms with Crippen molar-refractivity contribution in [2.24, 2.45) is 0 Å². The summed E-state index contributed by atoms with van der Waals surface area (Å²) in [5, 5.41) is 1.15. The van der Waals surface area contributed by atoms with E-state index in [9.17, 15) is 4.79 Å². The number of carbonyl (C=O) groups excluding carboxylic acids is 1. The average Bonchev–Trinajstić information content (AvgIpc) is 2.54. The Morgan fingerprint density at radius 1 is 1.62 bits per heavy atom. The molecule has 0 aromatic heterocycles. The van der Waals surface area contributed by atoms with Crippen molar-refractivity contribution in [1.29, 1.82) is 0 Å². The van der Waals surface area contributed by atoms with E-state index in [0.717, 1.165) is 5.06 Å². The molecule has 1 fully saturated rings. The van der Waals surface area contributed by atoms with E-state index in [0.29, 0.717) is 6.42 Å². The highest BCUT2D eigenvalue weighted by Crippen LogP contribution is 2.35. The molecule has 0 aliphatic carbocycles. The minimum absolute atomic E-state index is 0.207. The molecule has 1 amide bonds. The molecule has 0 unspecified atom stereocenters. The first-order valence-corrected chi connectivity index (χ1v) is 5.14. The second-order valence-electron chi connectivity index (χ2n) is 4.26. The number of likely N-dealkylation sites (N-methyl/N-ethyl adjacent to an activating group) is 1. The fraction of sp³-hybridized carbons (Fsp3) is 0.727. The summed E-state index contributed by atoms with van der Waals surface area (Å²) in [5.74, 6) is -1.02. The quantitative estimate of drug-likeness (QED) is 0.535. The van der Waals surface area contributed by atoms with Crippen LogP contribution in [0.15, 0.2) is 12.7 Å². The van der Waals surface area contributed by atoms with E-state index >= 15 is 0 Å². The van der Waals surface area contributed by atoms with E-state index in [2.05, 4.69) is 6.58 Å². The minimum atomic E-state index is -1.02. The lowest BCUT2D eigenvalue weighted by molar-refractivity contribution is -0.204. The maximum absolute atomic E-state index is 12.1. The van der Waals surface area contributed by atoms with Crippen LogP contribution in [-0.2, 0) is 19.1 Å². The van der Waals surface area contributed by atoms with Gasteiger partial charge in [0.2, 0.25) is 0 Å². The van der Waals surface area contributed by atoms with Crippen molar-refractivity contribution >= 4 is 5.91 Å². The van der Waals surface area contributed by atoms with Gasteiger partial charge in [0.15, 0.2) is 11.4 Å². The average molecular weight is 229 g/mol. The molecule has 0 saturated carbocycles. The van der Waals surface area contributed by atoms with Crippen LogP contribution >= 0.6 is 0 Å². The molecule has 1 heterocycles. The molecule has 0 aromatic carbocycles. The Labute approximate surface area is 95.9 Å². The van der Waals surface area contributed by atoms with Gasteiger partial charge in [-0.2, -0.15) is 0 Å². The van der Waals surface area contributed by atoms with Gasteiger partial charge in [-0.25, -0.2) is 5.06 Å². The van der Waals surface area contributed by atoms with Crippen LogP contribution in [-0.4, -0.2) is 43.1 Å².